The summed E-state index contributed by atoms with van der Waals surface area (Å²) in [6.45, 7) is 2.53. The number of rotatable bonds is 6. The Morgan fingerprint density at radius 1 is 1.62 bits per heavy atom. The third-order valence-electron chi connectivity index (χ3n) is 1.93. The van der Waals surface area contributed by atoms with E-state index in [1.807, 2.05) is 0 Å². The molecule has 1 atom stereocenters. The lowest BCUT2D eigenvalue weighted by Crippen LogP contribution is -2.43. The van der Waals surface area contributed by atoms with E-state index < -0.39 is 18.2 Å². The van der Waals surface area contributed by atoms with Crippen molar-refractivity contribution in [2.75, 3.05) is 13.2 Å². The summed E-state index contributed by atoms with van der Waals surface area (Å²) in [5, 5.41) is 8.76. The van der Waals surface area contributed by atoms with Gasteiger partial charge in [0.2, 0.25) is 0 Å². The molecule has 0 saturated carbocycles. The van der Waals surface area contributed by atoms with Gasteiger partial charge in [-0.05, 0) is 25.8 Å². The minimum absolute atomic E-state index is 0.311. The molecule has 0 aliphatic rings. The predicted molar refractivity (Wildman–Crippen MR) is 61.1 cm³/mol. The summed E-state index contributed by atoms with van der Waals surface area (Å²) in [4.78, 5) is 14.6. The number of aliphatic imine (C=N–C) groups is 1. The highest BCUT2D eigenvalue weighted by atomic mass is 19.1. The number of halogens is 1. The van der Waals surface area contributed by atoms with Crippen LogP contribution >= 0.6 is 0 Å². The molecule has 16 heavy (non-hydrogen) atoms. The number of carboxylic acid groups (broad SMARTS) is 1. The van der Waals surface area contributed by atoms with Gasteiger partial charge in [-0.3, -0.25) is 4.99 Å². The van der Waals surface area contributed by atoms with Crippen LogP contribution in [-0.4, -0.2) is 35.7 Å². The van der Waals surface area contributed by atoms with Crippen molar-refractivity contribution in [2.45, 2.75) is 25.8 Å². The molecule has 6 heteroatoms. The van der Waals surface area contributed by atoms with E-state index >= 15 is 0 Å². The van der Waals surface area contributed by atoms with Gasteiger partial charge < -0.3 is 16.6 Å². The van der Waals surface area contributed by atoms with E-state index in [4.69, 9.17) is 16.6 Å². The van der Waals surface area contributed by atoms with Crippen LogP contribution in [0.25, 0.3) is 0 Å². The maximum absolute atomic E-state index is 12.6. The lowest BCUT2D eigenvalue weighted by atomic mass is 9.99. The SMILES string of the molecule is CC(N)=NCC/C(=C\C(C)(N)C(=O)O)CF. The maximum Gasteiger partial charge on any atom is 0.327 e. The van der Waals surface area contributed by atoms with Crippen molar-refractivity contribution in [1.29, 1.82) is 0 Å². The Balaban J connectivity index is 4.55. The minimum atomic E-state index is -1.55. The molecule has 5 N–H and O–H groups in total. The number of hydrogen-bond acceptors (Lipinski definition) is 3. The zero-order valence-corrected chi connectivity index (χ0v) is 9.53. The fraction of sp³-hybridized carbons (Fsp3) is 0.600. The number of aliphatic carboxylic acids is 1. The Morgan fingerprint density at radius 2 is 2.19 bits per heavy atom. The number of amidine groups is 1. The molecular formula is C10H18FN3O2. The first kappa shape index (κ1) is 14.6. The zero-order chi connectivity index (χ0) is 12.8. The van der Waals surface area contributed by atoms with E-state index in [0.717, 1.165) is 0 Å². The second kappa shape index (κ2) is 6.22. The molecule has 0 saturated heterocycles. The molecule has 0 aromatic heterocycles. The summed E-state index contributed by atoms with van der Waals surface area (Å²) in [5.41, 5.74) is 9.54. The van der Waals surface area contributed by atoms with E-state index in [-0.39, 0.29) is 0 Å². The fourth-order valence-electron chi connectivity index (χ4n) is 1.04. The molecule has 0 radical (unpaired) electrons. The third-order valence-corrected chi connectivity index (χ3v) is 1.93. The lowest BCUT2D eigenvalue weighted by Gasteiger charge is -2.15. The molecule has 0 aromatic carbocycles. The summed E-state index contributed by atoms with van der Waals surface area (Å²) < 4.78 is 12.6. The summed E-state index contributed by atoms with van der Waals surface area (Å²) in [7, 11) is 0. The van der Waals surface area contributed by atoms with E-state index in [2.05, 4.69) is 4.99 Å². The van der Waals surface area contributed by atoms with Crippen LogP contribution in [0.2, 0.25) is 0 Å². The molecule has 0 aliphatic heterocycles. The first-order valence-electron chi connectivity index (χ1n) is 4.85. The molecule has 0 amide bonds. The van der Waals surface area contributed by atoms with Crippen LogP contribution in [0.3, 0.4) is 0 Å². The van der Waals surface area contributed by atoms with Crippen molar-refractivity contribution < 1.29 is 14.3 Å². The molecule has 92 valence electrons. The minimum Gasteiger partial charge on any atom is -0.480 e. The van der Waals surface area contributed by atoms with Crippen molar-refractivity contribution in [3.05, 3.63) is 11.6 Å². The van der Waals surface area contributed by atoms with Crippen molar-refractivity contribution in [2.24, 2.45) is 16.5 Å². The standard InChI is InChI=1S/C10H18FN3O2/c1-7(12)14-4-3-8(6-11)5-10(2,13)9(15)16/h5H,3-4,6,13H2,1-2H3,(H2,12,14)(H,15,16)/b8-5+. The highest BCUT2D eigenvalue weighted by molar-refractivity contribution is 5.80. The van der Waals surface area contributed by atoms with Crippen LogP contribution in [-0.2, 0) is 4.79 Å². The Bertz CT molecular complexity index is 307. The van der Waals surface area contributed by atoms with Crippen LogP contribution in [0.4, 0.5) is 4.39 Å². The lowest BCUT2D eigenvalue weighted by molar-refractivity contribution is -0.140. The molecule has 0 aromatic rings. The molecule has 0 bridgehead atoms. The normalized spacial score (nSPS) is 17.0. The Kier molecular flexibility index (Phi) is 5.66. The Morgan fingerprint density at radius 3 is 2.56 bits per heavy atom. The molecule has 0 fully saturated rings. The summed E-state index contributed by atoms with van der Waals surface area (Å²) in [6, 6.07) is 0. The molecule has 1 unspecified atom stereocenters. The molecular weight excluding hydrogens is 213 g/mol. The van der Waals surface area contributed by atoms with E-state index in [0.29, 0.717) is 24.4 Å². The van der Waals surface area contributed by atoms with Gasteiger partial charge in [-0.2, -0.15) is 0 Å². The molecule has 0 spiro atoms. The third kappa shape index (κ3) is 5.45. The number of alkyl halides is 1. The van der Waals surface area contributed by atoms with Crippen LogP contribution in [0.15, 0.2) is 16.6 Å². The Labute approximate surface area is 94.0 Å². The van der Waals surface area contributed by atoms with Gasteiger partial charge in [-0.25, -0.2) is 9.18 Å². The smallest absolute Gasteiger partial charge is 0.327 e. The largest absolute Gasteiger partial charge is 0.480 e. The zero-order valence-electron chi connectivity index (χ0n) is 9.53. The van der Waals surface area contributed by atoms with Crippen molar-refractivity contribution in [3.8, 4) is 0 Å². The first-order chi connectivity index (χ1) is 7.29. The second-order valence-corrected chi connectivity index (χ2v) is 3.80. The van der Waals surface area contributed by atoms with E-state index in [1.54, 1.807) is 6.92 Å². The predicted octanol–water partition coefficient (Wildman–Crippen LogP) is 0.452. The number of nitrogens with two attached hydrogens (primary N) is 2. The monoisotopic (exact) mass is 231 g/mol. The maximum atomic E-state index is 12.6. The average molecular weight is 231 g/mol. The Hall–Kier alpha value is -1.43. The van der Waals surface area contributed by atoms with Gasteiger partial charge in [0.1, 0.15) is 12.2 Å². The number of carbonyl (C=O) groups is 1. The van der Waals surface area contributed by atoms with Gasteiger partial charge in [0.05, 0.1) is 5.84 Å². The first-order valence-corrected chi connectivity index (χ1v) is 4.85. The quantitative estimate of drug-likeness (QED) is 0.351. The highest BCUT2D eigenvalue weighted by Crippen LogP contribution is 2.10. The van der Waals surface area contributed by atoms with Crippen molar-refractivity contribution in [1.82, 2.24) is 0 Å². The number of carboxylic acids is 1. The highest BCUT2D eigenvalue weighted by Gasteiger charge is 2.25. The van der Waals surface area contributed by atoms with E-state index in [9.17, 15) is 9.18 Å². The molecule has 0 aliphatic carbocycles. The van der Waals surface area contributed by atoms with Gasteiger partial charge in [-0.15, -0.1) is 0 Å². The van der Waals surface area contributed by atoms with Gasteiger partial charge in [-0.1, -0.05) is 6.08 Å². The van der Waals surface area contributed by atoms with Gasteiger partial charge in [0.15, 0.2) is 0 Å². The summed E-state index contributed by atoms with van der Waals surface area (Å²) >= 11 is 0. The van der Waals surface area contributed by atoms with Crippen LogP contribution in [0.1, 0.15) is 20.3 Å². The van der Waals surface area contributed by atoms with Crippen molar-refractivity contribution >= 4 is 11.8 Å². The summed E-state index contributed by atoms with van der Waals surface area (Å²) in [5.74, 6) is -0.788. The molecule has 5 nitrogen and oxygen atoms in total. The molecule has 0 rings (SSSR count). The van der Waals surface area contributed by atoms with Crippen LogP contribution in [0.5, 0.6) is 0 Å². The second-order valence-electron chi connectivity index (χ2n) is 3.80. The van der Waals surface area contributed by atoms with Gasteiger partial charge in [0, 0.05) is 6.54 Å². The number of hydrogen-bond donors (Lipinski definition) is 3. The van der Waals surface area contributed by atoms with E-state index in [1.165, 1.54) is 13.0 Å². The number of nitrogens with zero attached hydrogens (tertiary/aromatic N) is 1. The summed E-state index contributed by atoms with van der Waals surface area (Å²) in [6.07, 6.45) is 1.53. The molecule has 0 heterocycles. The fourth-order valence-corrected chi connectivity index (χ4v) is 1.04. The topological polar surface area (TPSA) is 102 Å². The van der Waals surface area contributed by atoms with Gasteiger partial charge in [0.25, 0.3) is 0 Å². The van der Waals surface area contributed by atoms with Crippen LogP contribution in [0, 0.1) is 0 Å². The van der Waals surface area contributed by atoms with Gasteiger partial charge >= 0.3 is 5.97 Å². The van der Waals surface area contributed by atoms with Crippen molar-refractivity contribution in [3.63, 3.8) is 0 Å². The average Bonchev–Trinajstić information content (AvgIpc) is 2.15. The van der Waals surface area contributed by atoms with Crippen LogP contribution < -0.4 is 11.5 Å².